The van der Waals surface area contributed by atoms with Gasteiger partial charge in [-0.2, -0.15) is 10.1 Å². The van der Waals surface area contributed by atoms with Crippen molar-refractivity contribution in [3.8, 4) is 5.75 Å². The number of carbonyl (C=O) groups excluding carboxylic acids is 2. The number of aromatic hydroxyl groups is 1. The molecule has 1 saturated heterocycles. The topological polar surface area (TPSA) is 70.0 Å². The van der Waals surface area contributed by atoms with Crippen LogP contribution in [0.25, 0.3) is 0 Å². The zero-order valence-corrected chi connectivity index (χ0v) is 19.7. The van der Waals surface area contributed by atoms with Crippen LogP contribution in [0.5, 0.6) is 5.75 Å². The van der Waals surface area contributed by atoms with Gasteiger partial charge in [0, 0.05) is 11.8 Å². The fourth-order valence-electron chi connectivity index (χ4n) is 5.56. The Morgan fingerprint density at radius 1 is 0.781 bits per heavy atom. The van der Waals surface area contributed by atoms with E-state index in [-0.39, 0.29) is 29.4 Å². The predicted octanol–water partition coefficient (Wildman–Crippen LogP) is 5.14. The van der Waals surface area contributed by atoms with Crippen molar-refractivity contribution >= 4 is 49.9 Å². The van der Waals surface area contributed by atoms with Gasteiger partial charge in [-0.3, -0.25) is 9.59 Å². The Morgan fingerprint density at radius 3 is 1.59 bits per heavy atom. The Balaban J connectivity index is 1.43. The van der Waals surface area contributed by atoms with Crippen LogP contribution in [0, 0.1) is 11.8 Å². The second kappa shape index (κ2) is 7.12. The monoisotopic (exact) mass is 550 g/mol. The first-order chi connectivity index (χ1) is 15.5. The molecule has 3 aromatic carbocycles. The molecule has 2 bridgehead atoms. The minimum atomic E-state index is -0.451. The summed E-state index contributed by atoms with van der Waals surface area (Å²) >= 11 is 6.58. The first kappa shape index (κ1) is 19.9. The molecule has 7 heteroatoms. The molecule has 32 heavy (non-hydrogen) atoms. The van der Waals surface area contributed by atoms with Crippen molar-refractivity contribution in [2.24, 2.45) is 16.9 Å². The number of hydrogen-bond donors (Lipinski definition) is 1. The molecule has 1 aliphatic heterocycles. The van der Waals surface area contributed by atoms with Gasteiger partial charge in [0.1, 0.15) is 5.75 Å². The first-order valence-electron chi connectivity index (χ1n) is 10.2. The molecule has 0 radical (unpaired) electrons. The highest BCUT2D eigenvalue weighted by molar-refractivity contribution is 9.11. The molecule has 0 saturated carbocycles. The van der Waals surface area contributed by atoms with E-state index in [2.05, 4.69) is 61.2 Å². The third-order valence-electron chi connectivity index (χ3n) is 6.79. The molecule has 1 fully saturated rings. The highest BCUT2D eigenvalue weighted by Crippen LogP contribution is 2.60. The van der Waals surface area contributed by atoms with E-state index >= 15 is 0 Å². The van der Waals surface area contributed by atoms with Crippen LogP contribution in [0.4, 0.5) is 0 Å². The Morgan fingerprint density at radius 2 is 1.19 bits per heavy atom. The summed E-state index contributed by atoms with van der Waals surface area (Å²) in [6.07, 6.45) is 1.48. The van der Waals surface area contributed by atoms with Gasteiger partial charge in [0.05, 0.1) is 27.0 Å². The van der Waals surface area contributed by atoms with E-state index in [1.807, 2.05) is 24.3 Å². The number of hydrogen-bond acceptors (Lipinski definition) is 4. The van der Waals surface area contributed by atoms with Crippen molar-refractivity contribution in [3.63, 3.8) is 0 Å². The third-order valence-corrected chi connectivity index (χ3v) is 8.00. The Labute approximate surface area is 201 Å². The molecular weight excluding hydrogens is 536 g/mol. The van der Waals surface area contributed by atoms with Gasteiger partial charge in [-0.05, 0) is 71.8 Å². The molecule has 1 N–H and O–H groups in total. The van der Waals surface area contributed by atoms with Gasteiger partial charge in [-0.1, -0.05) is 48.5 Å². The SMILES string of the molecule is O=C1C2C3c4ccccc4C(c4ccccc43)C2C(=O)N1N=Cc1cc(Br)c(O)c(Br)c1. The second-order valence-corrected chi connectivity index (χ2v) is 10.0. The summed E-state index contributed by atoms with van der Waals surface area (Å²) in [4.78, 5) is 27.0. The van der Waals surface area contributed by atoms with Crippen molar-refractivity contribution in [1.82, 2.24) is 5.01 Å². The number of phenolic OH excluding ortho intramolecular Hbond substituents is 1. The van der Waals surface area contributed by atoms with Gasteiger partial charge in [0.15, 0.2) is 0 Å². The maximum absolute atomic E-state index is 13.5. The standard InChI is InChI=1S/C25H16Br2N2O3/c26-17-9-12(10-18(27)23(17)30)11-28-29-24(31)21-19-13-5-1-2-6-14(13)20(22(21)25(29)32)16-8-4-3-7-15(16)19/h1-11,19-22,30H. The van der Waals surface area contributed by atoms with E-state index < -0.39 is 11.8 Å². The molecule has 3 aliphatic carbocycles. The predicted molar refractivity (Wildman–Crippen MR) is 127 cm³/mol. The average molecular weight is 552 g/mol. The maximum Gasteiger partial charge on any atom is 0.254 e. The van der Waals surface area contributed by atoms with E-state index in [1.54, 1.807) is 12.1 Å². The number of phenols is 1. The lowest BCUT2D eigenvalue weighted by Crippen LogP contribution is -2.41. The zero-order chi connectivity index (χ0) is 22.1. The Kier molecular flexibility index (Phi) is 4.42. The van der Waals surface area contributed by atoms with Gasteiger partial charge < -0.3 is 5.11 Å². The van der Waals surface area contributed by atoms with Crippen LogP contribution in [0.1, 0.15) is 39.7 Å². The molecule has 2 amide bonds. The molecule has 2 unspecified atom stereocenters. The molecule has 7 rings (SSSR count). The Hall–Kier alpha value is -2.77. The minimum absolute atomic E-state index is 0.0774. The number of nitrogens with zero attached hydrogens (tertiary/aromatic N) is 2. The molecule has 5 nitrogen and oxygen atoms in total. The molecule has 2 atom stereocenters. The van der Waals surface area contributed by atoms with Crippen LogP contribution in [-0.4, -0.2) is 28.1 Å². The van der Waals surface area contributed by atoms with Crippen LogP contribution in [-0.2, 0) is 9.59 Å². The summed E-state index contributed by atoms with van der Waals surface area (Å²) in [5.41, 5.74) is 5.19. The van der Waals surface area contributed by atoms with Crippen LogP contribution in [0.2, 0.25) is 0 Å². The lowest BCUT2D eigenvalue weighted by molar-refractivity contribution is -0.139. The second-order valence-electron chi connectivity index (χ2n) is 8.33. The fraction of sp³-hybridized carbons (Fsp3) is 0.160. The van der Waals surface area contributed by atoms with E-state index in [9.17, 15) is 14.7 Å². The maximum atomic E-state index is 13.5. The molecule has 4 aliphatic rings. The lowest BCUT2D eigenvalue weighted by atomic mass is 9.55. The normalized spacial score (nSPS) is 25.2. The van der Waals surface area contributed by atoms with Crippen molar-refractivity contribution in [2.75, 3.05) is 0 Å². The number of hydrazone groups is 1. The molecule has 1 heterocycles. The Bertz CT molecular complexity index is 1210. The largest absolute Gasteiger partial charge is 0.506 e. The number of rotatable bonds is 2. The molecule has 0 spiro atoms. The quantitative estimate of drug-likeness (QED) is 0.354. The van der Waals surface area contributed by atoms with Gasteiger partial charge in [0.2, 0.25) is 0 Å². The number of carbonyl (C=O) groups is 2. The number of imide groups is 1. The number of benzene rings is 3. The summed E-state index contributed by atoms with van der Waals surface area (Å²) in [5.74, 6) is -1.63. The molecule has 158 valence electrons. The van der Waals surface area contributed by atoms with Crippen molar-refractivity contribution in [2.45, 2.75) is 11.8 Å². The summed E-state index contributed by atoms with van der Waals surface area (Å²) in [5, 5.41) is 15.3. The van der Waals surface area contributed by atoms with Crippen LogP contribution in [0.15, 0.2) is 74.7 Å². The van der Waals surface area contributed by atoms with Crippen molar-refractivity contribution in [1.29, 1.82) is 0 Å². The van der Waals surface area contributed by atoms with E-state index in [1.165, 1.54) is 6.21 Å². The highest BCUT2D eigenvalue weighted by atomic mass is 79.9. The fourth-order valence-corrected chi connectivity index (χ4v) is 6.78. The number of halogens is 2. The van der Waals surface area contributed by atoms with E-state index in [0.717, 1.165) is 27.3 Å². The van der Waals surface area contributed by atoms with Gasteiger partial charge in [-0.25, -0.2) is 0 Å². The van der Waals surface area contributed by atoms with Gasteiger partial charge >= 0.3 is 0 Å². The van der Waals surface area contributed by atoms with E-state index in [4.69, 9.17) is 0 Å². The van der Waals surface area contributed by atoms with E-state index in [0.29, 0.717) is 14.5 Å². The van der Waals surface area contributed by atoms with Crippen LogP contribution in [0.3, 0.4) is 0 Å². The summed E-state index contributed by atoms with van der Waals surface area (Å²) in [7, 11) is 0. The third kappa shape index (κ3) is 2.64. The smallest absolute Gasteiger partial charge is 0.254 e. The van der Waals surface area contributed by atoms with Gasteiger partial charge in [0.25, 0.3) is 11.8 Å². The van der Waals surface area contributed by atoms with Gasteiger partial charge in [-0.15, -0.1) is 0 Å². The first-order valence-corrected chi connectivity index (χ1v) is 11.8. The minimum Gasteiger partial charge on any atom is -0.506 e. The summed E-state index contributed by atoms with van der Waals surface area (Å²) < 4.78 is 0.982. The van der Waals surface area contributed by atoms with Crippen molar-refractivity contribution < 1.29 is 14.7 Å². The summed E-state index contributed by atoms with van der Waals surface area (Å²) in [6, 6.07) is 19.6. The zero-order valence-electron chi connectivity index (χ0n) is 16.6. The average Bonchev–Trinajstić information content (AvgIpc) is 3.06. The molecular formula is C25H16Br2N2O3. The lowest BCUT2D eigenvalue weighted by Gasteiger charge is -2.45. The van der Waals surface area contributed by atoms with Crippen LogP contribution < -0.4 is 0 Å². The molecule has 3 aromatic rings. The summed E-state index contributed by atoms with van der Waals surface area (Å²) in [6.45, 7) is 0. The highest BCUT2D eigenvalue weighted by Gasteiger charge is 2.61. The molecule has 0 aromatic heterocycles. The van der Waals surface area contributed by atoms with Crippen LogP contribution >= 0.6 is 31.9 Å². The number of amides is 2. The van der Waals surface area contributed by atoms with Crippen molar-refractivity contribution in [3.05, 3.63) is 97.4 Å².